The third-order valence-corrected chi connectivity index (χ3v) is 1.90. The molecular weight excluding hydrogens is 164 g/mol. The predicted octanol–water partition coefficient (Wildman–Crippen LogP) is 2.28. The first-order valence-electron chi connectivity index (χ1n) is 5.33. The highest BCUT2D eigenvalue weighted by atomic mass is 16.2. The van der Waals surface area contributed by atoms with E-state index in [-0.39, 0.29) is 6.03 Å². The smallest absolute Gasteiger partial charge is 0.314 e. The van der Waals surface area contributed by atoms with Crippen molar-refractivity contribution >= 4 is 6.03 Å². The van der Waals surface area contributed by atoms with Crippen molar-refractivity contribution in [2.75, 3.05) is 13.1 Å². The van der Waals surface area contributed by atoms with Crippen molar-refractivity contribution in [3.05, 3.63) is 0 Å². The van der Waals surface area contributed by atoms with Crippen molar-refractivity contribution < 1.29 is 4.79 Å². The predicted molar refractivity (Wildman–Crippen MR) is 55.8 cm³/mol. The van der Waals surface area contributed by atoms with Crippen LogP contribution in [0, 0.1) is 0 Å². The zero-order chi connectivity index (χ0) is 9.94. The topological polar surface area (TPSA) is 41.1 Å². The molecule has 0 aliphatic heterocycles. The normalized spacial score (nSPS) is 9.69. The van der Waals surface area contributed by atoms with Crippen LogP contribution in [0.4, 0.5) is 4.79 Å². The molecule has 0 aromatic carbocycles. The Morgan fingerprint density at radius 2 is 1.69 bits per heavy atom. The highest BCUT2D eigenvalue weighted by Gasteiger charge is 1.95. The van der Waals surface area contributed by atoms with Gasteiger partial charge in [-0.2, -0.15) is 0 Å². The maximum absolute atomic E-state index is 10.9. The molecule has 2 amide bonds. The van der Waals surface area contributed by atoms with Gasteiger partial charge in [0.15, 0.2) is 0 Å². The van der Waals surface area contributed by atoms with Gasteiger partial charge in [0.1, 0.15) is 0 Å². The van der Waals surface area contributed by atoms with Gasteiger partial charge in [0.2, 0.25) is 0 Å². The number of urea groups is 1. The van der Waals surface area contributed by atoms with Crippen LogP contribution < -0.4 is 10.6 Å². The Balaban J connectivity index is 3.02. The first-order valence-corrected chi connectivity index (χ1v) is 5.33. The lowest BCUT2D eigenvalue weighted by Gasteiger charge is -2.04. The zero-order valence-corrected chi connectivity index (χ0v) is 8.86. The number of amides is 2. The summed E-state index contributed by atoms with van der Waals surface area (Å²) in [6.07, 6.45) is 6.18. The van der Waals surface area contributed by atoms with Gasteiger partial charge in [-0.15, -0.1) is 0 Å². The molecule has 3 heteroatoms. The van der Waals surface area contributed by atoms with Crippen molar-refractivity contribution in [2.45, 2.75) is 46.0 Å². The molecule has 3 nitrogen and oxygen atoms in total. The van der Waals surface area contributed by atoms with Crippen molar-refractivity contribution in [1.29, 1.82) is 0 Å². The summed E-state index contributed by atoms with van der Waals surface area (Å²) in [6, 6.07) is -0.0435. The largest absolute Gasteiger partial charge is 0.338 e. The molecule has 0 unspecified atom stereocenters. The Bertz CT molecular complexity index is 126. The molecule has 0 aliphatic rings. The Kier molecular flexibility index (Phi) is 8.83. The summed E-state index contributed by atoms with van der Waals surface area (Å²) in [5, 5.41) is 5.51. The monoisotopic (exact) mass is 186 g/mol. The molecular formula is C10H22N2O. The summed E-state index contributed by atoms with van der Waals surface area (Å²) in [5.74, 6) is 0. The van der Waals surface area contributed by atoms with Gasteiger partial charge < -0.3 is 10.6 Å². The molecule has 0 aromatic rings. The molecule has 0 saturated carbocycles. The van der Waals surface area contributed by atoms with Crippen LogP contribution in [0.3, 0.4) is 0 Å². The average molecular weight is 186 g/mol. The third-order valence-electron chi connectivity index (χ3n) is 1.90. The number of carbonyl (C=O) groups is 1. The van der Waals surface area contributed by atoms with Crippen LogP contribution in [0.2, 0.25) is 0 Å². The van der Waals surface area contributed by atoms with E-state index in [0.717, 1.165) is 13.0 Å². The van der Waals surface area contributed by atoms with Gasteiger partial charge >= 0.3 is 6.03 Å². The second-order valence-electron chi connectivity index (χ2n) is 3.20. The van der Waals surface area contributed by atoms with Gasteiger partial charge in [-0.05, 0) is 13.3 Å². The van der Waals surface area contributed by atoms with Gasteiger partial charge in [0.25, 0.3) is 0 Å². The molecule has 0 heterocycles. The van der Waals surface area contributed by atoms with Crippen LogP contribution in [-0.2, 0) is 0 Å². The minimum absolute atomic E-state index is 0.0435. The number of carbonyl (C=O) groups excluding carboxylic acids is 1. The minimum Gasteiger partial charge on any atom is -0.338 e. The highest BCUT2D eigenvalue weighted by molar-refractivity contribution is 5.73. The van der Waals surface area contributed by atoms with Crippen LogP contribution in [-0.4, -0.2) is 19.1 Å². The van der Waals surface area contributed by atoms with Gasteiger partial charge in [-0.3, -0.25) is 0 Å². The van der Waals surface area contributed by atoms with Crippen molar-refractivity contribution in [2.24, 2.45) is 0 Å². The summed E-state index contributed by atoms with van der Waals surface area (Å²) in [4.78, 5) is 10.9. The maximum Gasteiger partial charge on any atom is 0.314 e. The molecule has 0 spiro atoms. The summed E-state index contributed by atoms with van der Waals surface area (Å²) in [6.45, 7) is 5.62. The second kappa shape index (κ2) is 9.36. The quantitative estimate of drug-likeness (QED) is 0.588. The van der Waals surface area contributed by atoms with Crippen LogP contribution in [0.15, 0.2) is 0 Å². The molecule has 0 saturated heterocycles. The van der Waals surface area contributed by atoms with E-state index < -0.39 is 0 Å². The summed E-state index contributed by atoms with van der Waals surface area (Å²) < 4.78 is 0. The van der Waals surface area contributed by atoms with E-state index in [1.165, 1.54) is 25.7 Å². The molecule has 0 bridgehead atoms. The molecule has 13 heavy (non-hydrogen) atoms. The van der Waals surface area contributed by atoms with Crippen LogP contribution in [0.25, 0.3) is 0 Å². The molecule has 0 fully saturated rings. The third kappa shape index (κ3) is 9.18. The number of hydrogen-bond acceptors (Lipinski definition) is 1. The van der Waals surface area contributed by atoms with E-state index in [2.05, 4.69) is 17.6 Å². The van der Waals surface area contributed by atoms with Crippen molar-refractivity contribution in [3.8, 4) is 0 Å². The van der Waals surface area contributed by atoms with Crippen LogP contribution in [0.5, 0.6) is 0 Å². The number of nitrogens with one attached hydrogen (secondary N) is 2. The number of hydrogen-bond donors (Lipinski definition) is 2. The second-order valence-corrected chi connectivity index (χ2v) is 3.20. The van der Waals surface area contributed by atoms with Crippen molar-refractivity contribution in [1.82, 2.24) is 10.6 Å². The molecule has 0 aromatic heterocycles. The van der Waals surface area contributed by atoms with E-state index in [1.54, 1.807) is 0 Å². The SMILES string of the molecule is CCCCCCCNC(=O)NCC. The van der Waals surface area contributed by atoms with Crippen LogP contribution in [0.1, 0.15) is 46.0 Å². The molecule has 0 radical (unpaired) electrons. The highest BCUT2D eigenvalue weighted by Crippen LogP contribution is 2.00. The first kappa shape index (κ1) is 12.3. The molecule has 0 atom stereocenters. The minimum atomic E-state index is -0.0435. The van der Waals surface area contributed by atoms with E-state index in [9.17, 15) is 4.79 Å². The Morgan fingerprint density at radius 3 is 2.31 bits per heavy atom. The van der Waals surface area contributed by atoms with E-state index >= 15 is 0 Å². The Morgan fingerprint density at radius 1 is 1.00 bits per heavy atom. The lowest BCUT2D eigenvalue weighted by molar-refractivity contribution is 0.241. The van der Waals surface area contributed by atoms with E-state index in [4.69, 9.17) is 0 Å². The lowest BCUT2D eigenvalue weighted by atomic mass is 10.1. The number of rotatable bonds is 7. The average Bonchev–Trinajstić information content (AvgIpc) is 2.11. The maximum atomic E-state index is 10.9. The lowest BCUT2D eigenvalue weighted by Crippen LogP contribution is -2.35. The van der Waals surface area contributed by atoms with Crippen LogP contribution >= 0.6 is 0 Å². The molecule has 78 valence electrons. The summed E-state index contributed by atoms with van der Waals surface area (Å²) in [5.41, 5.74) is 0. The zero-order valence-electron chi connectivity index (χ0n) is 8.86. The van der Waals surface area contributed by atoms with Crippen molar-refractivity contribution in [3.63, 3.8) is 0 Å². The molecule has 0 rings (SSSR count). The fourth-order valence-electron chi connectivity index (χ4n) is 1.15. The Hall–Kier alpha value is -0.730. The Labute approximate surface area is 81.3 Å². The first-order chi connectivity index (χ1) is 6.31. The molecule has 0 aliphatic carbocycles. The summed E-state index contributed by atoms with van der Waals surface area (Å²) >= 11 is 0. The number of unbranched alkanes of at least 4 members (excludes halogenated alkanes) is 4. The van der Waals surface area contributed by atoms with Gasteiger partial charge in [0, 0.05) is 13.1 Å². The molecule has 2 N–H and O–H groups in total. The van der Waals surface area contributed by atoms with E-state index in [0.29, 0.717) is 6.54 Å². The standard InChI is InChI=1S/C10H22N2O/c1-3-5-6-7-8-9-12-10(13)11-4-2/h3-9H2,1-2H3,(H2,11,12,13). The fraction of sp³-hybridized carbons (Fsp3) is 0.900. The van der Waals surface area contributed by atoms with E-state index in [1.807, 2.05) is 6.92 Å². The fourth-order valence-corrected chi connectivity index (χ4v) is 1.15. The van der Waals surface area contributed by atoms with Gasteiger partial charge in [0.05, 0.1) is 0 Å². The van der Waals surface area contributed by atoms with Gasteiger partial charge in [-0.25, -0.2) is 4.79 Å². The summed E-state index contributed by atoms with van der Waals surface area (Å²) in [7, 11) is 0. The van der Waals surface area contributed by atoms with Gasteiger partial charge in [-0.1, -0.05) is 32.6 Å².